The number of hydrogen-bond donors (Lipinski definition) is 2. The second-order valence-corrected chi connectivity index (χ2v) is 6.43. The van der Waals surface area contributed by atoms with Crippen LogP contribution in [0, 0.1) is 0 Å². The van der Waals surface area contributed by atoms with Gasteiger partial charge in [-0.3, -0.25) is 4.79 Å². The molecule has 0 amide bonds. The van der Waals surface area contributed by atoms with E-state index in [1.165, 1.54) is 22.5 Å². The summed E-state index contributed by atoms with van der Waals surface area (Å²) in [6.45, 7) is 0. The zero-order valence-electron chi connectivity index (χ0n) is 11.6. The minimum absolute atomic E-state index is 0.337. The van der Waals surface area contributed by atoms with Crippen molar-refractivity contribution in [3.63, 3.8) is 0 Å². The van der Waals surface area contributed by atoms with Crippen molar-refractivity contribution in [2.45, 2.75) is 10.9 Å². The van der Waals surface area contributed by atoms with Crippen LogP contribution in [0.25, 0.3) is 11.4 Å². The lowest BCUT2D eigenvalue weighted by Crippen LogP contribution is -2.11. The molecule has 0 saturated heterocycles. The summed E-state index contributed by atoms with van der Waals surface area (Å²) in [4.78, 5) is 11.4. The number of nitrogen functional groups attached to an aromatic ring is 1. The number of benzene rings is 1. The summed E-state index contributed by atoms with van der Waals surface area (Å²) in [5.41, 5.74) is 0.341. The van der Waals surface area contributed by atoms with E-state index in [9.17, 15) is 4.79 Å². The minimum atomic E-state index is -0.490. The first-order valence-corrected chi connectivity index (χ1v) is 8.22. The van der Waals surface area contributed by atoms with Crippen LogP contribution in [0.1, 0.15) is 5.76 Å². The van der Waals surface area contributed by atoms with Gasteiger partial charge in [-0.1, -0.05) is 39.8 Å². The number of aromatic hydroxyl groups is 1. The zero-order chi connectivity index (χ0) is 16.4. The molecule has 7 nitrogen and oxygen atoms in total. The molecule has 3 N–H and O–H groups in total. The fourth-order valence-corrected chi connectivity index (χ4v) is 3.00. The monoisotopic (exact) mass is 394 g/mol. The Hall–Kier alpha value is -2.26. The average Bonchev–Trinajstić information content (AvgIpc) is 2.89. The fraction of sp³-hybridized carbons (Fsp3) is 0.0714. The maximum absolute atomic E-state index is 11.4. The maximum atomic E-state index is 11.4. The summed E-state index contributed by atoms with van der Waals surface area (Å²) in [6, 6.07) is 8.79. The molecule has 118 valence electrons. The van der Waals surface area contributed by atoms with E-state index in [-0.39, 0.29) is 0 Å². The Morgan fingerprint density at radius 1 is 1.35 bits per heavy atom. The lowest BCUT2D eigenvalue weighted by Gasteiger charge is -2.04. The molecule has 3 aromatic rings. The molecule has 0 atom stereocenters. The van der Waals surface area contributed by atoms with Gasteiger partial charge in [-0.15, -0.1) is 10.2 Å². The molecule has 0 unspecified atom stereocenters. The van der Waals surface area contributed by atoms with Crippen LogP contribution in [0.2, 0.25) is 0 Å². The summed E-state index contributed by atoms with van der Waals surface area (Å²) in [6.07, 6.45) is 1.01. The van der Waals surface area contributed by atoms with E-state index in [0.717, 1.165) is 16.3 Å². The highest BCUT2D eigenvalue weighted by atomic mass is 79.9. The second-order valence-electron chi connectivity index (χ2n) is 4.57. The molecule has 0 bridgehead atoms. The Labute approximate surface area is 143 Å². The van der Waals surface area contributed by atoms with E-state index < -0.39 is 11.2 Å². The number of nitrogens with two attached hydrogens (primary N) is 1. The van der Waals surface area contributed by atoms with Gasteiger partial charge >= 0.3 is 0 Å². The van der Waals surface area contributed by atoms with Crippen molar-refractivity contribution in [1.82, 2.24) is 14.9 Å². The third-order valence-electron chi connectivity index (χ3n) is 2.96. The molecule has 0 fully saturated rings. The van der Waals surface area contributed by atoms with Gasteiger partial charge in [0.15, 0.2) is 11.6 Å². The van der Waals surface area contributed by atoms with Crippen LogP contribution in [-0.4, -0.2) is 20.0 Å². The SMILES string of the molecule is Nn1c(SCc2cc(=O)c(O)co2)nnc1-c1cccc(Br)c1. The highest BCUT2D eigenvalue weighted by Gasteiger charge is 2.13. The van der Waals surface area contributed by atoms with E-state index in [0.29, 0.717) is 22.5 Å². The van der Waals surface area contributed by atoms with Crippen molar-refractivity contribution < 1.29 is 9.52 Å². The lowest BCUT2D eigenvalue weighted by atomic mass is 10.2. The van der Waals surface area contributed by atoms with E-state index in [1.54, 1.807) is 0 Å². The van der Waals surface area contributed by atoms with Gasteiger partial charge in [0.25, 0.3) is 0 Å². The summed E-state index contributed by atoms with van der Waals surface area (Å²) < 4.78 is 7.43. The van der Waals surface area contributed by atoms with Crippen molar-refractivity contribution in [2.24, 2.45) is 0 Å². The van der Waals surface area contributed by atoms with Gasteiger partial charge in [0.2, 0.25) is 10.6 Å². The smallest absolute Gasteiger partial charge is 0.226 e. The number of hydrogen-bond acceptors (Lipinski definition) is 7. The Bertz CT molecular complexity index is 909. The molecule has 0 spiro atoms. The number of halogens is 1. The first kappa shape index (κ1) is 15.6. The Kier molecular flexibility index (Phi) is 4.39. The summed E-state index contributed by atoms with van der Waals surface area (Å²) >= 11 is 4.67. The molecule has 0 radical (unpaired) electrons. The first-order chi connectivity index (χ1) is 11.0. The Morgan fingerprint density at radius 3 is 2.91 bits per heavy atom. The van der Waals surface area contributed by atoms with Gasteiger partial charge in [0.05, 0.1) is 5.75 Å². The van der Waals surface area contributed by atoms with E-state index in [2.05, 4.69) is 26.1 Å². The fourth-order valence-electron chi connectivity index (χ4n) is 1.86. The molecular weight excluding hydrogens is 384 g/mol. The van der Waals surface area contributed by atoms with Crippen LogP contribution in [-0.2, 0) is 5.75 Å². The van der Waals surface area contributed by atoms with Gasteiger partial charge in [-0.05, 0) is 12.1 Å². The third-order valence-corrected chi connectivity index (χ3v) is 4.42. The van der Waals surface area contributed by atoms with Gasteiger partial charge in [-0.2, -0.15) is 0 Å². The summed E-state index contributed by atoms with van der Waals surface area (Å²) in [5, 5.41) is 17.8. The topological polar surface area (TPSA) is 107 Å². The van der Waals surface area contributed by atoms with Crippen molar-refractivity contribution >= 4 is 27.7 Å². The molecule has 23 heavy (non-hydrogen) atoms. The van der Waals surface area contributed by atoms with Crippen LogP contribution >= 0.6 is 27.7 Å². The van der Waals surface area contributed by atoms with Crippen LogP contribution < -0.4 is 11.3 Å². The van der Waals surface area contributed by atoms with Gasteiger partial charge in [-0.25, -0.2) is 4.68 Å². The molecule has 0 aliphatic rings. The second kappa shape index (κ2) is 6.47. The standard InChI is InChI=1S/C14H11BrN4O3S/c15-9-3-1-2-8(4-9)13-17-18-14(19(13)16)23-7-10-5-11(20)12(21)6-22-10/h1-6,21H,7,16H2. The van der Waals surface area contributed by atoms with Crippen molar-refractivity contribution in [2.75, 3.05) is 5.84 Å². The maximum Gasteiger partial charge on any atom is 0.226 e. The molecule has 9 heteroatoms. The van der Waals surface area contributed by atoms with Gasteiger partial charge in [0.1, 0.15) is 12.0 Å². The first-order valence-electron chi connectivity index (χ1n) is 6.44. The van der Waals surface area contributed by atoms with Crippen molar-refractivity contribution in [3.05, 3.63) is 57.1 Å². The predicted molar refractivity (Wildman–Crippen MR) is 89.5 cm³/mol. The number of thioether (sulfide) groups is 1. The van der Waals surface area contributed by atoms with E-state index in [4.69, 9.17) is 15.4 Å². The van der Waals surface area contributed by atoms with Crippen LogP contribution in [0.15, 0.2) is 55.4 Å². The molecule has 0 aliphatic carbocycles. The molecular formula is C14H11BrN4O3S. The van der Waals surface area contributed by atoms with Gasteiger partial charge in [0, 0.05) is 16.1 Å². The van der Waals surface area contributed by atoms with Crippen molar-refractivity contribution in [3.8, 4) is 17.1 Å². The third kappa shape index (κ3) is 3.40. The molecule has 3 rings (SSSR count). The van der Waals surface area contributed by atoms with E-state index >= 15 is 0 Å². The highest BCUT2D eigenvalue weighted by Crippen LogP contribution is 2.25. The molecule has 2 heterocycles. The van der Waals surface area contributed by atoms with Crippen LogP contribution in [0.4, 0.5) is 0 Å². The van der Waals surface area contributed by atoms with Crippen molar-refractivity contribution in [1.29, 1.82) is 0 Å². The normalized spacial score (nSPS) is 10.8. The highest BCUT2D eigenvalue weighted by molar-refractivity contribution is 9.10. The lowest BCUT2D eigenvalue weighted by molar-refractivity contribution is 0.419. The number of nitrogens with zero attached hydrogens (tertiary/aromatic N) is 3. The minimum Gasteiger partial charge on any atom is -0.502 e. The predicted octanol–water partition coefficient (Wildman–Crippen LogP) is 2.37. The summed E-state index contributed by atoms with van der Waals surface area (Å²) in [7, 11) is 0. The molecule has 2 aromatic heterocycles. The molecule has 1 aromatic carbocycles. The van der Waals surface area contributed by atoms with Crippen LogP contribution in [0.5, 0.6) is 5.75 Å². The molecule has 0 aliphatic heterocycles. The zero-order valence-corrected chi connectivity index (χ0v) is 14.0. The van der Waals surface area contributed by atoms with E-state index in [1.807, 2.05) is 24.3 Å². The van der Waals surface area contributed by atoms with Crippen LogP contribution in [0.3, 0.4) is 0 Å². The Balaban J connectivity index is 1.79. The molecule has 0 saturated carbocycles. The Morgan fingerprint density at radius 2 is 2.17 bits per heavy atom. The van der Waals surface area contributed by atoms with Gasteiger partial charge < -0.3 is 15.4 Å². The largest absolute Gasteiger partial charge is 0.502 e. The number of rotatable bonds is 4. The number of aromatic nitrogens is 3. The quantitative estimate of drug-likeness (QED) is 0.516. The summed E-state index contributed by atoms with van der Waals surface area (Å²) in [5.74, 6) is 6.88. The average molecular weight is 395 g/mol.